The molecule has 0 amide bonds. The van der Waals surface area contributed by atoms with Gasteiger partial charge in [0.2, 0.25) is 0 Å². The molecule has 4 heteroatoms. The van der Waals surface area contributed by atoms with Crippen LogP contribution in [0, 0.1) is 5.92 Å². The minimum Gasteiger partial charge on any atom is -0.494 e. The van der Waals surface area contributed by atoms with Crippen LogP contribution in [-0.4, -0.2) is 23.2 Å². The van der Waals surface area contributed by atoms with E-state index >= 15 is 0 Å². The van der Waals surface area contributed by atoms with E-state index in [0.717, 1.165) is 18.6 Å². The third-order valence-electron chi connectivity index (χ3n) is 3.75. The molecule has 0 bridgehead atoms. The fraction of sp³-hybridized carbons (Fsp3) is 0.500. The van der Waals surface area contributed by atoms with E-state index < -0.39 is 11.5 Å². The normalized spacial score (nSPS) is 27.1. The molecule has 3 N–H and O–H groups in total. The predicted octanol–water partition coefficient (Wildman–Crippen LogP) is 2.04. The van der Waals surface area contributed by atoms with Crippen LogP contribution in [0.2, 0.25) is 0 Å². The second-order valence-corrected chi connectivity index (χ2v) is 4.88. The Kier molecular flexibility index (Phi) is 3.87. The number of nitrogens with two attached hydrogens (primary N) is 1. The first-order valence-corrected chi connectivity index (χ1v) is 6.33. The molecule has 1 saturated carbocycles. The van der Waals surface area contributed by atoms with Gasteiger partial charge in [0.15, 0.2) is 0 Å². The van der Waals surface area contributed by atoms with Crippen LogP contribution in [0.5, 0.6) is 5.75 Å². The van der Waals surface area contributed by atoms with E-state index in [-0.39, 0.29) is 5.92 Å². The van der Waals surface area contributed by atoms with Crippen LogP contribution in [0.4, 0.5) is 0 Å². The molecule has 0 radical (unpaired) electrons. The Labute approximate surface area is 107 Å². The smallest absolute Gasteiger partial charge is 0.323 e. The van der Waals surface area contributed by atoms with E-state index in [1.807, 2.05) is 30.3 Å². The molecule has 2 atom stereocenters. The third-order valence-corrected chi connectivity index (χ3v) is 3.75. The quantitative estimate of drug-likeness (QED) is 0.837. The number of rotatable bonds is 5. The van der Waals surface area contributed by atoms with Gasteiger partial charge >= 0.3 is 5.97 Å². The summed E-state index contributed by atoms with van der Waals surface area (Å²) in [6.07, 6.45) is 3.02. The Morgan fingerprint density at radius 2 is 2.17 bits per heavy atom. The summed E-state index contributed by atoms with van der Waals surface area (Å²) in [7, 11) is 0. The summed E-state index contributed by atoms with van der Waals surface area (Å²) >= 11 is 0. The second-order valence-electron chi connectivity index (χ2n) is 4.88. The average Bonchev–Trinajstić information content (AvgIpc) is 2.74. The van der Waals surface area contributed by atoms with E-state index in [0.29, 0.717) is 19.4 Å². The van der Waals surface area contributed by atoms with Gasteiger partial charge in [-0.05, 0) is 37.3 Å². The van der Waals surface area contributed by atoms with Crippen LogP contribution in [0.25, 0.3) is 0 Å². The lowest BCUT2D eigenvalue weighted by atomic mass is 9.86. The molecule has 4 nitrogen and oxygen atoms in total. The standard InChI is InChI=1S/C14H19NO3/c15-14(13(16)17)9-4-5-11(14)8-10-18-12-6-2-1-3-7-12/h1-3,6-7,11H,4-5,8-10,15H2,(H,16,17). The van der Waals surface area contributed by atoms with Crippen molar-refractivity contribution < 1.29 is 14.6 Å². The van der Waals surface area contributed by atoms with E-state index in [1.54, 1.807) is 0 Å². The number of hydrogen-bond acceptors (Lipinski definition) is 3. The highest BCUT2D eigenvalue weighted by molar-refractivity contribution is 5.79. The van der Waals surface area contributed by atoms with Crippen molar-refractivity contribution in [2.75, 3.05) is 6.61 Å². The zero-order valence-electron chi connectivity index (χ0n) is 10.3. The van der Waals surface area contributed by atoms with Crippen LogP contribution in [0.3, 0.4) is 0 Å². The molecule has 0 aliphatic heterocycles. The van der Waals surface area contributed by atoms with E-state index in [9.17, 15) is 9.90 Å². The van der Waals surface area contributed by atoms with Gasteiger partial charge in [-0.1, -0.05) is 24.6 Å². The maximum Gasteiger partial charge on any atom is 0.323 e. The van der Waals surface area contributed by atoms with Gasteiger partial charge in [-0.25, -0.2) is 0 Å². The molecule has 1 fully saturated rings. The summed E-state index contributed by atoms with van der Waals surface area (Å²) < 4.78 is 5.59. The number of carbonyl (C=O) groups is 1. The Balaban J connectivity index is 1.85. The number of ether oxygens (including phenoxy) is 1. The highest BCUT2D eigenvalue weighted by Gasteiger charge is 2.45. The molecule has 18 heavy (non-hydrogen) atoms. The fourth-order valence-corrected chi connectivity index (χ4v) is 2.62. The van der Waals surface area contributed by atoms with Gasteiger partial charge in [0, 0.05) is 0 Å². The molecule has 1 aromatic rings. The van der Waals surface area contributed by atoms with Crippen LogP contribution in [0.1, 0.15) is 25.7 Å². The molecule has 0 heterocycles. The van der Waals surface area contributed by atoms with Crippen LogP contribution < -0.4 is 10.5 Å². The molecule has 0 saturated heterocycles. The summed E-state index contributed by atoms with van der Waals surface area (Å²) in [6.45, 7) is 0.515. The molecule has 0 aromatic heterocycles. The Morgan fingerprint density at radius 3 is 2.83 bits per heavy atom. The Bertz CT molecular complexity index is 407. The molecule has 2 rings (SSSR count). The number of benzene rings is 1. The molecule has 1 aliphatic rings. The first-order chi connectivity index (χ1) is 8.63. The van der Waals surface area contributed by atoms with Gasteiger partial charge in [-0.2, -0.15) is 0 Å². The lowest BCUT2D eigenvalue weighted by Crippen LogP contribution is -2.51. The number of hydrogen-bond donors (Lipinski definition) is 2. The van der Waals surface area contributed by atoms with Crippen LogP contribution in [0.15, 0.2) is 30.3 Å². The average molecular weight is 249 g/mol. The lowest BCUT2D eigenvalue weighted by molar-refractivity contribution is -0.144. The largest absolute Gasteiger partial charge is 0.494 e. The number of para-hydroxylation sites is 1. The van der Waals surface area contributed by atoms with E-state index in [2.05, 4.69) is 0 Å². The summed E-state index contributed by atoms with van der Waals surface area (Å²) in [4.78, 5) is 11.2. The maximum atomic E-state index is 11.2. The van der Waals surface area contributed by atoms with Crippen LogP contribution >= 0.6 is 0 Å². The molecule has 98 valence electrons. The highest BCUT2D eigenvalue weighted by Crippen LogP contribution is 2.36. The van der Waals surface area contributed by atoms with Gasteiger partial charge in [0.05, 0.1) is 6.61 Å². The van der Waals surface area contributed by atoms with Crippen molar-refractivity contribution in [1.82, 2.24) is 0 Å². The first kappa shape index (κ1) is 12.9. The van der Waals surface area contributed by atoms with Crippen molar-refractivity contribution >= 4 is 5.97 Å². The first-order valence-electron chi connectivity index (χ1n) is 6.33. The molecule has 0 spiro atoms. The minimum atomic E-state index is -1.06. The minimum absolute atomic E-state index is 0.0127. The molecule has 1 aliphatic carbocycles. The van der Waals surface area contributed by atoms with Crippen molar-refractivity contribution in [1.29, 1.82) is 0 Å². The summed E-state index contributed by atoms with van der Waals surface area (Å²) in [5.74, 6) is -0.0585. The zero-order valence-corrected chi connectivity index (χ0v) is 10.3. The van der Waals surface area contributed by atoms with Crippen molar-refractivity contribution in [3.8, 4) is 5.75 Å². The topological polar surface area (TPSA) is 72.6 Å². The summed E-state index contributed by atoms with van der Waals surface area (Å²) in [5.41, 5.74) is 4.91. The van der Waals surface area contributed by atoms with Crippen molar-refractivity contribution in [2.45, 2.75) is 31.2 Å². The zero-order chi connectivity index (χ0) is 13.0. The lowest BCUT2D eigenvalue weighted by Gasteiger charge is -2.26. The number of carboxylic acid groups (broad SMARTS) is 1. The van der Waals surface area contributed by atoms with Gasteiger partial charge in [-0.15, -0.1) is 0 Å². The van der Waals surface area contributed by atoms with Crippen molar-refractivity contribution in [3.05, 3.63) is 30.3 Å². The molecular weight excluding hydrogens is 230 g/mol. The number of carboxylic acids is 1. The van der Waals surface area contributed by atoms with Crippen molar-refractivity contribution in [3.63, 3.8) is 0 Å². The van der Waals surface area contributed by atoms with Gasteiger partial charge in [-0.3, -0.25) is 4.79 Å². The van der Waals surface area contributed by atoms with E-state index in [1.165, 1.54) is 0 Å². The highest BCUT2D eigenvalue weighted by atomic mass is 16.5. The molecule has 2 unspecified atom stereocenters. The third kappa shape index (κ3) is 2.64. The van der Waals surface area contributed by atoms with Crippen LogP contribution in [-0.2, 0) is 4.79 Å². The van der Waals surface area contributed by atoms with Gasteiger partial charge in [0.1, 0.15) is 11.3 Å². The van der Waals surface area contributed by atoms with Gasteiger partial charge < -0.3 is 15.6 Å². The maximum absolute atomic E-state index is 11.2. The van der Waals surface area contributed by atoms with E-state index in [4.69, 9.17) is 10.5 Å². The SMILES string of the molecule is NC1(C(=O)O)CCCC1CCOc1ccccc1. The molecular formula is C14H19NO3. The Morgan fingerprint density at radius 1 is 1.44 bits per heavy atom. The molecule has 1 aromatic carbocycles. The Hall–Kier alpha value is -1.55. The van der Waals surface area contributed by atoms with Crippen molar-refractivity contribution in [2.24, 2.45) is 11.7 Å². The second kappa shape index (κ2) is 5.40. The number of aliphatic carboxylic acids is 1. The van der Waals surface area contributed by atoms with Gasteiger partial charge in [0.25, 0.3) is 0 Å². The predicted molar refractivity (Wildman–Crippen MR) is 68.4 cm³/mol. The fourth-order valence-electron chi connectivity index (χ4n) is 2.62. The summed E-state index contributed by atoms with van der Waals surface area (Å²) in [5, 5.41) is 9.19. The summed E-state index contributed by atoms with van der Waals surface area (Å²) in [6, 6.07) is 9.53. The monoisotopic (exact) mass is 249 g/mol.